The van der Waals surface area contributed by atoms with E-state index in [1.165, 1.54) is 43.4 Å². The van der Waals surface area contributed by atoms with Crippen molar-refractivity contribution in [3.63, 3.8) is 0 Å². The number of aliphatic hydroxyl groups excluding tert-OH is 1. The molecular weight excluding hydrogens is 388 g/mol. The molecule has 0 radical (unpaired) electrons. The van der Waals surface area contributed by atoms with E-state index in [9.17, 15) is 5.11 Å². The molecule has 1 aromatic heterocycles. The van der Waals surface area contributed by atoms with E-state index < -0.39 is 6.10 Å². The fraction of sp³-hybridized carbons (Fsp3) is 0.538. The van der Waals surface area contributed by atoms with Crippen LogP contribution in [0.3, 0.4) is 0 Å². The van der Waals surface area contributed by atoms with E-state index in [4.69, 9.17) is 9.47 Å². The van der Waals surface area contributed by atoms with Crippen LogP contribution in [0.4, 0.5) is 0 Å². The molecule has 1 N–H and O–H groups in total. The number of aromatic nitrogens is 1. The highest BCUT2D eigenvalue weighted by Crippen LogP contribution is 2.25. The summed E-state index contributed by atoms with van der Waals surface area (Å²) < 4.78 is 13.2. The Morgan fingerprint density at radius 2 is 2.06 bits per heavy atom. The van der Waals surface area contributed by atoms with Crippen LogP contribution in [0.25, 0.3) is 0 Å². The average Bonchev–Trinajstić information content (AvgIpc) is 3.21. The standard InChI is InChI=1S/C26H38N2O3/c1-3-15-31-21-25(29)20-27(17-22-9-5-4-6-10-22)19-24-12-8-14-28(24)18-23-11-7-13-26(16-23)30-2/h3,7-8,11-14,16,22,25,29H,1,4-6,9-10,15,17-21H2,2H3/t25-/m0/s1. The molecule has 0 bridgehead atoms. The monoisotopic (exact) mass is 426 g/mol. The van der Waals surface area contributed by atoms with E-state index >= 15 is 0 Å². The molecule has 31 heavy (non-hydrogen) atoms. The lowest BCUT2D eigenvalue weighted by molar-refractivity contribution is 0.0195. The van der Waals surface area contributed by atoms with Gasteiger partial charge in [0.1, 0.15) is 5.75 Å². The van der Waals surface area contributed by atoms with Gasteiger partial charge in [0.25, 0.3) is 0 Å². The van der Waals surface area contributed by atoms with Gasteiger partial charge < -0.3 is 19.1 Å². The highest BCUT2D eigenvalue weighted by atomic mass is 16.5. The van der Waals surface area contributed by atoms with E-state index in [0.29, 0.717) is 19.8 Å². The lowest BCUT2D eigenvalue weighted by Gasteiger charge is -2.31. The van der Waals surface area contributed by atoms with Crippen molar-refractivity contribution in [2.45, 2.75) is 51.3 Å². The van der Waals surface area contributed by atoms with Crippen LogP contribution in [0.15, 0.2) is 55.3 Å². The molecule has 1 fully saturated rings. The first-order valence-corrected chi connectivity index (χ1v) is 11.5. The highest BCUT2D eigenvalue weighted by Gasteiger charge is 2.20. The Hall–Kier alpha value is -2.08. The molecule has 0 aliphatic heterocycles. The van der Waals surface area contributed by atoms with E-state index in [1.54, 1.807) is 13.2 Å². The van der Waals surface area contributed by atoms with Gasteiger partial charge in [0.05, 0.1) is 26.4 Å². The molecule has 1 saturated carbocycles. The number of benzene rings is 1. The molecule has 0 amide bonds. The Morgan fingerprint density at radius 1 is 1.23 bits per heavy atom. The van der Waals surface area contributed by atoms with Gasteiger partial charge in [0.15, 0.2) is 0 Å². The zero-order valence-electron chi connectivity index (χ0n) is 18.9. The van der Waals surface area contributed by atoms with Crippen LogP contribution in [-0.2, 0) is 17.8 Å². The third-order valence-corrected chi connectivity index (χ3v) is 6.05. The molecule has 0 saturated heterocycles. The number of methoxy groups -OCH3 is 1. The quantitative estimate of drug-likeness (QED) is 0.379. The summed E-state index contributed by atoms with van der Waals surface area (Å²) in [7, 11) is 1.70. The van der Waals surface area contributed by atoms with Crippen LogP contribution in [0.1, 0.15) is 43.4 Å². The predicted octanol–water partition coefficient (Wildman–Crippen LogP) is 4.49. The SMILES string of the molecule is C=CCOC[C@@H](O)CN(Cc1cccn1Cc1cccc(OC)c1)CC1CCCCC1. The molecule has 1 heterocycles. The molecule has 1 atom stereocenters. The van der Waals surface area contributed by atoms with Crippen LogP contribution in [-0.4, -0.2) is 54.1 Å². The molecule has 170 valence electrons. The van der Waals surface area contributed by atoms with E-state index in [1.807, 2.05) is 12.1 Å². The Bertz CT molecular complexity index is 782. The summed E-state index contributed by atoms with van der Waals surface area (Å²) in [4.78, 5) is 2.41. The van der Waals surface area contributed by atoms with Gasteiger partial charge in [0.2, 0.25) is 0 Å². The summed E-state index contributed by atoms with van der Waals surface area (Å²) >= 11 is 0. The van der Waals surface area contributed by atoms with Gasteiger partial charge in [-0.2, -0.15) is 0 Å². The van der Waals surface area contributed by atoms with Crippen molar-refractivity contribution < 1.29 is 14.6 Å². The summed E-state index contributed by atoms with van der Waals surface area (Å²) in [6, 6.07) is 12.5. The molecule has 5 heteroatoms. The number of ether oxygens (including phenoxy) is 2. The zero-order chi connectivity index (χ0) is 21.9. The normalized spacial score (nSPS) is 15.8. The number of aliphatic hydroxyl groups is 1. The largest absolute Gasteiger partial charge is 0.497 e. The van der Waals surface area contributed by atoms with Crippen LogP contribution >= 0.6 is 0 Å². The van der Waals surface area contributed by atoms with Crippen molar-refractivity contribution in [2.75, 3.05) is 33.4 Å². The lowest BCUT2D eigenvalue weighted by Crippen LogP contribution is -2.38. The minimum atomic E-state index is -0.495. The fourth-order valence-corrected chi connectivity index (χ4v) is 4.52. The number of hydrogen-bond donors (Lipinski definition) is 1. The van der Waals surface area contributed by atoms with Gasteiger partial charge in [-0.05, 0) is 48.6 Å². The lowest BCUT2D eigenvalue weighted by atomic mass is 9.89. The van der Waals surface area contributed by atoms with Crippen LogP contribution < -0.4 is 4.74 Å². The van der Waals surface area contributed by atoms with Crippen LogP contribution in [0.5, 0.6) is 5.75 Å². The maximum atomic E-state index is 10.5. The molecule has 3 rings (SSSR count). The van der Waals surface area contributed by atoms with Crippen molar-refractivity contribution >= 4 is 0 Å². The van der Waals surface area contributed by atoms with Gasteiger partial charge in [-0.3, -0.25) is 4.90 Å². The van der Waals surface area contributed by atoms with Gasteiger partial charge in [-0.1, -0.05) is 37.5 Å². The summed E-state index contributed by atoms with van der Waals surface area (Å²) in [6.45, 7) is 7.78. The summed E-state index contributed by atoms with van der Waals surface area (Å²) in [5.41, 5.74) is 2.48. The number of rotatable bonds is 13. The maximum absolute atomic E-state index is 10.5. The first-order valence-electron chi connectivity index (χ1n) is 11.5. The number of hydrogen-bond acceptors (Lipinski definition) is 4. The Balaban J connectivity index is 1.66. The van der Waals surface area contributed by atoms with Crippen molar-refractivity contribution in [3.8, 4) is 5.75 Å². The Labute approximate surface area is 187 Å². The molecular formula is C26H38N2O3. The minimum Gasteiger partial charge on any atom is -0.497 e. The first kappa shape index (κ1) is 23.6. The molecule has 0 spiro atoms. The third-order valence-electron chi connectivity index (χ3n) is 6.05. The summed E-state index contributed by atoms with van der Waals surface area (Å²) in [6.07, 6.45) is 9.97. The minimum absolute atomic E-state index is 0.345. The highest BCUT2D eigenvalue weighted by molar-refractivity contribution is 5.29. The smallest absolute Gasteiger partial charge is 0.119 e. The van der Waals surface area contributed by atoms with E-state index in [2.05, 4.69) is 46.5 Å². The predicted molar refractivity (Wildman–Crippen MR) is 125 cm³/mol. The van der Waals surface area contributed by atoms with E-state index in [-0.39, 0.29) is 0 Å². The molecule has 1 aliphatic rings. The first-order chi connectivity index (χ1) is 15.2. The number of nitrogens with zero attached hydrogens (tertiary/aromatic N) is 2. The topological polar surface area (TPSA) is 46.9 Å². The molecule has 1 aliphatic carbocycles. The molecule has 2 aromatic rings. The zero-order valence-corrected chi connectivity index (χ0v) is 18.9. The second-order valence-corrected chi connectivity index (χ2v) is 8.66. The van der Waals surface area contributed by atoms with Gasteiger partial charge in [-0.25, -0.2) is 0 Å². The third kappa shape index (κ3) is 7.84. The fourth-order valence-electron chi connectivity index (χ4n) is 4.52. The van der Waals surface area contributed by atoms with Crippen molar-refractivity contribution in [1.29, 1.82) is 0 Å². The van der Waals surface area contributed by atoms with Crippen molar-refractivity contribution in [1.82, 2.24) is 9.47 Å². The average molecular weight is 427 g/mol. The maximum Gasteiger partial charge on any atom is 0.119 e. The van der Waals surface area contributed by atoms with Gasteiger partial charge in [0, 0.05) is 38.1 Å². The van der Waals surface area contributed by atoms with Gasteiger partial charge >= 0.3 is 0 Å². The van der Waals surface area contributed by atoms with Crippen LogP contribution in [0, 0.1) is 5.92 Å². The Morgan fingerprint density at radius 3 is 2.84 bits per heavy atom. The summed E-state index contributed by atoms with van der Waals surface area (Å²) in [5.74, 6) is 1.60. The second kappa shape index (κ2) is 12.7. The molecule has 0 unspecified atom stereocenters. The van der Waals surface area contributed by atoms with Crippen LogP contribution in [0.2, 0.25) is 0 Å². The van der Waals surface area contributed by atoms with Crippen molar-refractivity contribution in [2.24, 2.45) is 5.92 Å². The second-order valence-electron chi connectivity index (χ2n) is 8.66. The van der Waals surface area contributed by atoms with Gasteiger partial charge in [-0.15, -0.1) is 6.58 Å². The molecule has 1 aromatic carbocycles. The summed E-state index contributed by atoms with van der Waals surface area (Å²) in [5, 5.41) is 10.5. The van der Waals surface area contributed by atoms with Crippen molar-refractivity contribution in [3.05, 3.63) is 66.5 Å². The Kier molecular flexibility index (Phi) is 9.66. The van der Waals surface area contributed by atoms with E-state index in [0.717, 1.165) is 31.3 Å². The molecule has 5 nitrogen and oxygen atoms in total.